The third-order valence-electron chi connectivity index (χ3n) is 2.84. The zero-order valence-electron chi connectivity index (χ0n) is 12.5. The maximum absolute atomic E-state index is 9.85. The van der Waals surface area contributed by atoms with Crippen molar-refractivity contribution in [2.45, 2.75) is 45.6 Å². The molecule has 5 heteroatoms. The molecule has 1 atom stereocenters. The van der Waals surface area contributed by atoms with E-state index in [0.29, 0.717) is 29.8 Å². The molecule has 2 rings (SSSR count). The molecule has 1 aromatic rings. The summed E-state index contributed by atoms with van der Waals surface area (Å²) in [5.74, 6) is 1.18. The maximum Gasteiger partial charge on any atom is 0.246 e. The van der Waals surface area contributed by atoms with Crippen LogP contribution in [0.2, 0.25) is 0 Å². The second kappa shape index (κ2) is 5.89. The van der Waals surface area contributed by atoms with Crippen LogP contribution in [-0.2, 0) is 0 Å². The highest BCUT2D eigenvalue weighted by Gasteiger charge is 2.34. The lowest BCUT2D eigenvalue weighted by Crippen LogP contribution is -2.35. The van der Waals surface area contributed by atoms with Gasteiger partial charge in [0.2, 0.25) is 11.5 Å². The predicted molar refractivity (Wildman–Crippen MR) is 76.4 cm³/mol. The zero-order valence-corrected chi connectivity index (χ0v) is 12.5. The van der Waals surface area contributed by atoms with Gasteiger partial charge in [0.05, 0.1) is 0 Å². The Kier molecular flexibility index (Phi) is 4.40. The van der Waals surface area contributed by atoms with Gasteiger partial charge in [0.1, 0.15) is 12.7 Å². The van der Waals surface area contributed by atoms with Crippen molar-refractivity contribution in [1.82, 2.24) is 5.32 Å². The summed E-state index contributed by atoms with van der Waals surface area (Å²) in [5.41, 5.74) is 0. The first-order valence-electron chi connectivity index (χ1n) is 6.92. The van der Waals surface area contributed by atoms with Crippen molar-refractivity contribution in [3.8, 4) is 17.2 Å². The lowest BCUT2D eigenvalue weighted by Gasteiger charge is -2.17. The number of fused-ring (bicyclic) bond motifs is 1. The van der Waals surface area contributed by atoms with Crippen LogP contribution in [0.4, 0.5) is 0 Å². The van der Waals surface area contributed by atoms with Crippen molar-refractivity contribution in [3.05, 3.63) is 18.2 Å². The number of benzene rings is 1. The smallest absolute Gasteiger partial charge is 0.246 e. The van der Waals surface area contributed by atoms with E-state index in [2.05, 4.69) is 5.32 Å². The van der Waals surface area contributed by atoms with Gasteiger partial charge in [0.25, 0.3) is 0 Å². The van der Waals surface area contributed by atoms with E-state index >= 15 is 0 Å². The van der Waals surface area contributed by atoms with Crippen LogP contribution in [0.1, 0.15) is 27.7 Å². The first kappa shape index (κ1) is 14.9. The molecule has 0 spiro atoms. The molecule has 1 heterocycles. The van der Waals surface area contributed by atoms with Crippen molar-refractivity contribution in [2.75, 3.05) is 13.2 Å². The number of nitrogens with one attached hydrogen (secondary N) is 1. The minimum absolute atomic E-state index is 0.208. The second-order valence-electron chi connectivity index (χ2n) is 5.72. The van der Waals surface area contributed by atoms with Crippen LogP contribution in [0, 0.1) is 0 Å². The largest absolute Gasteiger partial charge is 0.487 e. The van der Waals surface area contributed by atoms with E-state index in [1.165, 1.54) is 0 Å². The number of hydrogen-bond acceptors (Lipinski definition) is 5. The maximum atomic E-state index is 9.85. The molecule has 0 aliphatic carbocycles. The molecule has 1 unspecified atom stereocenters. The standard InChI is InChI=1S/C15H23NO4/c1-10(2)16-8-11(17)9-18-12-6-5-7-13-14(12)20-15(3,4)19-13/h5-7,10-11,16-17H,8-9H2,1-4H3. The normalized spacial score (nSPS) is 17.3. The number of rotatable bonds is 6. The molecule has 0 bridgehead atoms. The fourth-order valence-corrected chi connectivity index (χ4v) is 1.94. The van der Waals surface area contributed by atoms with Crippen LogP contribution in [0.3, 0.4) is 0 Å². The molecule has 20 heavy (non-hydrogen) atoms. The molecule has 0 saturated heterocycles. The quantitative estimate of drug-likeness (QED) is 0.834. The van der Waals surface area contributed by atoms with E-state index in [4.69, 9.17) is 14.2 Å². The number of aliphatic hydroxyl groups excluding tert-OH is 1. The third kappa shape index (κ3) is 3.77. The van der Waals surface area contributed by atoms with E-state index in [-0.39, 0.29) is 6.61 Å². The minimum atomic E-state index is -0.681. The van der Waals surface area contributed by atoms with Gasteiger partial charge in [0, 0.05) is 26.4 Å². The molecule has 0 aromatic heterocycles. The van der Waals surface area contributed by atoms with Gasteiger partial charge in [-0.15, -0.1) is 0 Å². The summed E-state index contributed by atoms with van der Waals surface area (Å²) < 4.78 is 17.0. The first-order chi connectivity index (χ1) is 9.37. The lowest BCUT2D eigenvalue weighted by molar-refractivity contribution is -0.0443. The van der Waals surface area contributed by atoms with Gasteiger partial charge in [-0.2, -0.15) is 0 Å². The van der Waals surface area contributed by atoms with Crippen molar-refractivity contribution >= 4 is 0 Å². The molecule has 1 aromatic carbocycles. The molecule has 2 N–H and O–H groups in total. The van der Waals surface area contributed by atoms with Crippen LogP contribution in [0.5, 0.6) is 17.2 Å². The van der Waals surface area contributed by atoms with E-state index in [1.807, 2.05) is 45.9 Å². The Balaban J connectivity index is 1.93. The van der Waals surface area contributed by atoms with Crippen LogP contribution < -0.4 is 19.5 Å². The van der Waals surface area contributed by atoms with Gasteiger partial charge in [0.15, 0.2) is 11.5 Å². The van der Waals surface area contributed by atoms with Crippen molar-refractivity contribution in [2.24, 2.45) is 0 Å². The highest BCUT2D eigenvalue weighted by Crippen LogP contribution is 2.45. The molecule has 1 aliphatic heterocycles. The Morgan fingerprint density at radius 3 is 2.75 bits per heavy atom. The summed E-state index contributed by atoms with van der Waals surface area (Å²) in [5, 5.41) is 13.0. The predicted octanol–water partition coefficient (Wildman–Crippen LogP) is 1.93. The van der Waals surface area contributed by atoms with Gasteiger partial charge >= 0.3 is 0 Å². The molecular weight excluding hydrogens is 258 g/mol. The number of para-hydroxylation sites is 1. The zero-order chi connectivity index (χ0) is 14.8. The van der Waals surface area contributed by atoms with Crippen LogP contribution >= 0.6 is 0 Å². The minimum Gasteiger partial charge on any atom is -0.487 e. The summed E-state index contributed by atoms with van der Waals surface area (Å²) in [7, 11) is 0. The third-order valence-corrected chi connectivity index (χ3v) is 2.84. The molecule has 0 radical (unpaired) electrons. The van der Waals surface area contributed by atoms with Crippen LogP contribution in [0.25, 0.3) is 0 Å². The van der Waals surface area contributed by atoms with E-state index in [9.17, 15) is 5.11 Å². The van der Waals surface area contributed by atoms with Crippen LogP contribution in [-0.4, -0.2) is 36.2 Å². The topological polar surface area (TPSA) is 60.0 Å². The molecule has 0 amide bonds. The van der Waals surface area contributed by atoms with Gasteiger partial charge < -0.3 is 24.6 Å². The van der Waals surface area contributed by atoms with Gasteiger partial charge in [-0.3, -0.25) is 0 Å². The number of hydrogen-bond donors (Lipinski definition) is 2. The average molecular weight is 281 g/mol. The molecule has 5 nitrogen and oxygen atoms in total. The Bertz CT molecular complexity index is 459. The fraction of sp³-hybridized carbons (Fsp3) is 0.600. The van der Waals surface area contributed by atoms with Crippen molar-refractivity contribution in [1.29, 1.82) is 0 Å². The van der Waals surface area contributed by atoms with Crippen LogP contribution in [0.15, 0.2) is 18.2 Å². The monoisotopic (exact) mass is 281 g/mol. The molecule has 0 fully saturated rings. The van der Waals surface area contributed by atoms with Gasteiger partial charge in [-0.25, -0.2) is 0 Å². The molecule has 112 valence electrons. The summed E-state index contributed by atoms with van der Waals surface area (Å²) in [6.07, 6.45) is -0.566. The highest BCUT2D eigenvalue weighted by molar-refractivity contribution is 5.53. The second-order valence-corrected chi connectivity index (χ2v) is 5.72. The van der Waals surface area contributed by atoms with Gasteiger partial charge in [-0.1, -0.05) is 19.9 Å². The SMILES string of the molecule is CC(C)NCC(O)COc1cccc2c1OC(C)(C)O2. The summed E-state index contributed by atoms with van der Waals surface area (Å²) in [6.45, 7) is 8.46. The molecule has 1 aliphatic rings. The van der Waals surface area contributed by atoms with Crippen molar-refractivity contribution in [3.63, 3.8) is 0 Å². The Hall–Kier alpha value is -1.46. The summed E-state index contributed by atoms with van der Waals surface area (Å²) in [4.78, 5) is 0. The average Bonchev–Trinajstić information content (AvgIpc) is 2.68. The Morgan fingerprint density at radius 2 is 2.05 bits per heavy atom. The van der Waals surface area contributed by atoms with E-state index < -0.39 is 11.9 Å². The summed E-state index contributed by atoms with van der Waals surface area (Å²) >= 11 is 0. The van der Waals surface area contributed by atoms with E-state index in [1.54, 1.807) is 0 Å². The molecular formula is C15H23NO4. The first-order valence-corrected chi connectivity index (χ1v) is 6.92. The molecule has 0 saturated carbocycles. The highest BCUT2D eigenvalue weighted by atomic mass is 16.7. The summed E-state index contributed by atoms with van der Waals surface area (Å²) in [6, 6.07) is 5.83. The number of ether oxygens (including phenoxy) is 3. The van der Waals surface area contributed by atoms with E-state index in [0.717, 1.165) is 0 Å². The Labute approximate surface area is 119 Å². The Morgan fingerprint density at radius 1 is 1.30 bits per heavy atom. The number of aliphatic hydroxyl groups is 1. The van der Waals surface area contributed by atoms with Gasteiger partial charge in [-0.05, 0) is 12.1 Å². The lowest BCUT2D eigenvalue weighted by atomic mass is 10.3. The van der Waals surface area contributed by atoms with Crippen molar-refractivity contribution < 1.29 is 19.3 Å². The fourth-order valence-electron chi connectivity index (χ4n) is 1.94.